The second kappa shape index (κ2) is 15.3. The van der Waals surface area contributed by atoms with Crippen LogP contribution in [-0.4, -0.2) is 70.6 Å². The number of hydrogen-bond donors (Lipinski definition) is 8. The summed E-state index contributed by atoms with van der Waals surface area (Å²) < 4.78 is 0. The first kappa shape index (κ1) is 31.2. The summed E-state index contributed by atoms with van der Waals surface area (Å²) in [4.78, 5) is 53.9. The van der Waals surface area contributed by atoms with Gasteiger partial charge in [-0.25, -0.2) is 0 Å². The predicted octanol–water partition coefficient (Wildman–Crippen LogP) is -1.08. The van der Waals surface area contributed by atoms with E-state index < -0.39 is 47.9 Å². The van der Waals surface area contributed by atoms with Gasteiger partial charge in [0.2, 0.25) is 17.7 Å². The molecule has 0 heterocycles. The summed E-state index contributed by atoms with van der Waals surface area (Å²) in [5, 5.41) is 26.3. The van der Waals surface area contributed by atoms with Gasteiger partial charge in [0.1, 0.15) is 23.9 Å². The quantitative estimate of drug-likeness (QED) is 0.0794. The largest absolute Gasteiger partial charge is 0.508 e. The van der Waals surface area contributed by atoms with Crippen LogP contribution in [0.25, 0.3) is 0 Å². The van der Waals surface area contributed by atoms with Gasteiger partial charge in [0, 0.05) is 13.0 Å². The summed E-state index contributed by atoms with van der Waals surface area (Å²) in [6, 6.07) is 1.81. The van der Waals surface area contributed by atoms with Gasteiger partial charge < -0.3 is 43.4 Å². The number of carbonyl (C=O) groups is 4. The maximum absolute atomic E-state index is 13.3. The Labute approximate surface area is 216 Å². The molecule has 0 fully saturated rings. The van der Waals surface area contributed by atoms with Crippen molar-refractivity contribution >= 4 is 29.7 Å². The molecule has 0 saturated heterocycles. The molecular weight excluding hydrogens is 482 g/mol. The molecule has 1 aromatic rings. The average molecular weight is 522 g/mol. The lowest BCUT2D eigenvalue weighted by Gasteiger charge is -2.28. The summed E-state index contributed by atoms with van der Waals surface area (Å²) in [5.74, 6) is -3.42. The van der Waals surface area contributed by atoms with Gasteiger partial charge in [-0.05, 0) is 43.4 Å². The highest BCUT2D eigenvalue weighted by atomic mass is 16.4. The molecule has 0 aliphatic carbocycles. The van der Waals surface area contributed by atoms with Crippen molar-refractivity contribution < 1.29 is 29.4 Å². The number of hydrogen-bond acceptors (Lipinski definition) is 7. The minimum atomic E-state index is -1.23. The van der Waals surface area contributed by atoms with E-state index in [0.29, 0.717) is 24.9 Å². The number of nitrogens with zero attached hydrogens (tertiary/aromatic N) is 1. The lowest BCUT2D eigenvalue weighted by Crippen LogP contribution is -2.58. The third-order valence-electron chi connectivity index (χ3n) is 5.84. The zero-order chi connectivity index (χ0) is 28.1. The summed E-state index contributed by atoms with van der Waals surface area (Å²) in [7, 11) is 0. The van der Waals surface area contributed by atoms with Crippen molar-refractivity contribution in [3.05, 3.63) is 29.8 Å². The van der Waals surface area contributed by atoms with Gasteiger partial charge in [-0.3, -0.25) is 24.2 Å². The SMILES string of the molecule is CCC(C)C(NC(=O)C(N)CCCN=C(N)N)C(=O)NC(Cc1ccc(O)cc1)C(=O)NC(C)C(=O)O. The van der Waals surface area contributed by atoms with Gasteiger partial charge in [0.05, 0.1) is 6.04 Å². The summed E-state index contributed by atoms with van der Waals surface area (Å²) in [6.45, 7) is 5.23. The van der Waals surface area contributed by atoms with Crippen LogP contribution < -0.4 is 33.2 Å². The van der Waals surface area contributed by atoms with Crippen LogP contribution in [0.3, 0.4) is 0 Å². The second-order valence-electron chi connectivity index (χ2n) is 8.93. The van der Waals surface area contributed by atoms with Crippen molar-refractivity contribution in [1.82, 2.24) is 16.0 Å². The van der Waals surface area contributed by atoms with E-state index in [9.17, 15) is 24.3 Å². The number of aliphatic imine (C=N–C) groups is 1. The first-order chi connectivity index (χ1) is 17.3. The van der Waals surface area contributed by atoms with Crippen molar-refractivity contribution in [2.24, 2.45) is 28.1 Å². The molecule has 1 aromatic carbocycles. The molecule has 0 aliphatic rings. The maximum Gasteiger partial charge on any atom is 0.325 e. The van der Waals surface area contributed by atoms with Crippen LogP contribution in [-0.2, 0) is 25.6 Å². The number of aliphatic carboxylic acids is 1. The topological polar surface area (TPSA) is 235 Å². The maximum atomic E-state index is 13.3. The van der Waals surface area contributed by atoms with Crippen LogP contribution in [0.15, 0.2) is 29.3 Å². The lowest BCUT2D eigenvalue weighted by molar-refractivity contribution is -0.141. The zero-order valence-corrected chi connectivity index (χ0v) is 21.4. The number of nitrogens with two attached hydrogens (primary N) is 3. The van der Waals surface area contributed by atoms with Gasteiger partial charge in [-0.15, -0.1) is 0 Å². The zero-order valence-electron chi connectivity index (χ0n) is 21.4. The standard InChI is InChI=1S/C24H39N7O6/c1-4-13(2)19(31-20(33)17(25)6-5-11-28-24(26)27)22(35)30-18(21(34)29-14(3)23(36)37)12-15-7-9-16(32)10-8-15/h7-10,13-14,17-19,32H,4-6,11-12,25H2,1-3H3,(H,29,34)(H,30,35)(H,31,33)(H,36,37)(H4,26,27,28). The predicted molar refractivity (Wildman–Crippen MR) is 138 cm³/mol. The first-order valence-electron chi connectivity index (χ1n) is 12.1. The van der Waals surface area contributed by atoms with Crippen LogP contribution in [0.4, 0.5) is 0 Å². The lowest BCUT2D eigenvalue weighted by atomic mass is 9.96. The van der Waals surface area contributed by atoms with Crippen LogP contribution in [0.5, 0.6) is 5.75 Å². The monoisotopic (exact) mass is 521 g/mol. The van der Waals surface area contributed by atoms with Crippen LogP contribution in [0.2, 0.25) is 0 Å². The Hall–Kier alpha value is -3.87. The van der Waals surface area contributed by atoms with E-state index in [4.69, 9.17) is 22.3 Å². The molecule has 37 heavy (non-hydrogen) atoms. The highest BCUT2D eigenvalue weighted by molar-refractivity contribution is 5.94. The fraction of sp³-hybridized carbons (Fsp3) is 0.542. The molecule has 0 aromatic heterocycles. The summed E-state index contributed by atoms with van der Waals surface area (Å²) in [5.41, 5.74) is 17.2. The van der Waals surface area contributed by atoms with E-state index in [2.05, 4.69) is 20.9 Å². The number of phenols is 1. The number of aromatic hydroxyl groups is 1. The van der Waals surface area contributed by atoms with Gasteiger partial charge in [0.25, 0.3) is 0 Å². The number of rotatable bonds is 15. The molecule has 0 radical (unpaired) electrons. The molecule has 5 atom stereocenters. The Morgan fingerprint density at radius 2 is 1.59 bits per heavy atom. The average Bonchev–Trinajstić information content (AvgIpc) is 2.84. The Balaban J connectivity index is 3.01. The molecule has 0 aliphatic heterocycles. The number of carbonyl (C=O) groups excluding carboxylic acids is 3. The number of carboxylic acids is 1. The van der Waals surface area contributed by atoms with Crippen molar-refractivity contribution in [3.63, 3.8) is 0 Å². The van der Waals surface area contributed by atoms with Gasteiger partial charge in [0.15, 0.2) is 5.96 Å². The molecule has 13 nitrogen and oxygen atoms in total. The molecule has 1 rings (SSSR count). The summed E-state index contributed by atoms with van der Waals surface area (Å²) >= 11 is 0. The molecule has 0 bridgehead atoms. The minimum Gasteiger partial charge on any atom is -0.508 e. The van der Waals surface area contributed by atoms with E-state index in [1.165, 1.54) is 19.1 Å². The smallest absolute Gasteiger partial charge is 0.325 e. The normalized spacial score (nSPS) is 14.8. The van der Waals surface area contributed by atoms with E-state index in [1.807, 2.05) is 6.92 Å². The van der Waals surface area contributed by atoms with Gasteiger partial charge >= 0.3 is 5.97 Å². The third-order valence-corrected chi connectivity index (χ3v) is 5.84. The third kappa shape index (κ3) is 11.2. The number of phenolic OH excluding ortho intramolecular Hbond substituents is 1. The Morgan fingerprint density at radius 1 is 0.973 bits per heavy atom. The minimum absolute atomic E-state index is 0.0235. The fourth-order valence-corrected chi connectivity index (χ4v) is 3.33. The number of amides is 3. The second-order valence-corrected chi connectivity index (χ2v) is 8.93. The molecule has 0 spiro atoms. The van der Waals surface area contributed by atoms with Crippen molar-refractivity contribution in [2.45, 2.75) is 70.6 Å². The van der Waals surface area contributed by atoms with Crippen LogP contribution in [0, 0.1) is 5.92 Å². The van der Waals surface area contributed by atoms with Crippen LogP contribution >= 0.6 is 0 Å². The molecular formula is C24H39N7O6. The Morgan fingerprint density at radius 3 is 2.14 bits per heavy atom. The summed E-state index contributed by atoms with van der Waals surface area (Å²) in [6.07, 6.45) is 1.32. The Bertz CT molecular complexity index is 949. The van der Waals surface area contributed by atoms with Crippen molar-refractivity contribution in [2.75, 3.05) is 6.54 Å². The van der Waals surface area contributed by atoms with E-state index in [1.54, 1.807) is 19.1 Å². The first-order valence-corrected chi connectivity index (χ1v) is 12.1. The number of benzene rings is 1. The molecule has 3 amide bonds. The van der Waals surface area contributed by atoms with E-state index in [0.717, 1.165) is 0 Å². The molecule has 206 valence electrons. The van der Waals surface area contributed by atoms with E-state index in [-0.39, 0.29) is 30.5 Å². The fourth-order valence-electron chi connectivity index (χ4n) is 3.33. The van der Waals surface area contributed by atoms with E-state index >= 15 is 0 Å². The highest BCUT2D eigenvalue weighted by Gasteiger charge is 2.32. The molecule has 0 saturated carbocycles. The van der Waals surface area contributed by atoms with Gasteiger partial charge in [-0.1, -0.05) is 32.4 Å². The molecule has 11 N–H and O–H groups in total. The molecule has 5 unspecified atom stereocenters. The highest BCUT2D eigenvalue weighted by Crippen LogP contribution is 2.13. The van der Waals surface area contributed by atoms with Crippen molar-refractivity contribution in [1.29, 1.82) is 0 Å². The Kier molecular flexibility index (Phi) is 12.9. The van der Waals surface area contributed by atoms with Crippen LogP contribution in [0.1, 0.15) is 45.6 Å². The van der Waals surface area contributed by atoms with Gasteiger partial charge in [-0.2, -0.15) is 0 Å². The van der Waals surface area contributed by atoms with Crippen molar-refractivity contribution in [3.8, 4) is 5.75 Å². The number of nitrogens with one attached hydrogen (secondary N) is 3. The number of guanidine groups is 1. The molecule has 13 heteroatoms. The number of carboxylic acid groups (broad SMARTS) is 1.